The Labute approximate surface area is 178 Å². The molecule has 2 fully saturated rings. The number of likely N-dealkylation sites (tertiary alicyclic amines) is 1. The number of allylic oxidation sites excluding steroid dienone is 1. The quantitative estimate of drug-likeness (QED) is 0.548. The minimum Gasteiger partial charge on any atom is -0.383 e. The van der Waals surface area contributed by atoms with E-state index in [0.29, 0.717) is 4.88 Å². The van der Waals surface area contributed by atoms with Gasteiger partial charge in [-0.3, -0.25) is 19.3 Å². The van der Waals surface area contributed by atoms with E-state index in [2.05, 4.69) is 0 Å². The van der Waals surface area contributed by atoms with Gasteiger partial charge in [0.2, 0.25) is 11.8 Å². The van der Waals surface area contributed by atoms with Gasteiger partial charge in [-0.1, -0.05) is 30.3 Å². The maximum Gasteiger partial charge on any atom is 0.235 e. The normalized spacial score (nSPS) is 27.1. The van der Waals surface area contributed by atoms with Crippen LogP contribution in [0.1, 0.15) is 22.2 Å². The second kappa shape index (κ2) is 7.18. The zero-order valence-electron chi connectivity index (χ0n) is 16.8. The molecular weight excluding hydrogens is 400 g/mol. The summed E-state index contributed by atoms with van der Waals surface area (Å²) in [6.07, 6.45) is 2.05. The van der Waals surface area contributed by atoms with Crippen molar-refractivity contribution in [2.24, 2.45) is 11.8 Å². The van der Waals surface area contributed by atoms with E-state index in [0.717, 1.165) is 16.8 Å². The average Bonchev–Trinajstić information content (AvgIpc) is 3.44. The van der Waals surface area contributed by atoms with Gasteiger partial charge in [0, 0.05) is 18.4 Å². The molecule has 2 aromatic rings. The lowest BCUT2D eigenvalue weighted by Crippen LogP contribution is -2.49. The molecule has 1 aromatic carbocycles. The van der Waals surface area contributed by atoms with Gasteiger partial charge >= 0.3 is 0 Å². The van der Waals surface area contributed by atoms with Crippen LogP contribution in [0, 0.1) is 11.8 Å². The highest BCUT2D eigenvalue weighted by molar-refractivity contribution is 7.12. The summed E-state index contributed by atoms with van der Waals surface area (Å²) in [6, 6.07) is 10.5. The third-order valence-electron chi connectivity index (χ3n) is 6.40. The number of ketones is 1. The number of anilines is 1. The van der Waals surface area contributed by atoms with Gasteiger partial charge in [0.15, 0.2) is 5.78 Å². The number of thiophene rings is 1. The van der Waals surface area contributed by atoms with Gasteiger partial charge in [-0.25, -0.2) is 0 Å². The van der Waals surface area contributed by atoms with Gasteiger partial charge in [0.05, 0.1) is 35.9 Å². The molecule has 154 valence electrons. The minimum atomic E-state index is -0.701. The first-order valence-corrected chi connectivity index (χ1v) is 10.9. The van der Waals surface area contributed by atoms with E-state index in [1.807, 2.05) is 53.6 Å². The summed E-state index contributed by atoms with van der Waals surface area (Å²) in [5.41, 5.74) is 3.01. The van der Waals surface area contributed by atoms with Crippen molar-refractivity contribution in [2.75, 3.05) is 25.2 Å². The number of carbonyl (C=O) groups is 3. The third kappa shape index (κ3) is 2.62. The number of carbonyl (C=O) groups excluding carboxylic acids is 3. The number of nitrogens with zero attached hydrogens (tertiary/aromatic N) is 2. The van der Waals surface area contributed by atoms with Crippen molar-refractivity contribution in [3.63, 3.8) is 0 Å². The van der Waals surface area contributed by atoms with E-state index >= 15 is 0 Å². The molecule has 0 aliphatic carbocycles. The van der Waals surface area contributed by atoms with E-state index < -0.39 is 17.9 Å². The summed E-state index contributed by atoms with van der Waals surface area (Å²) >= 11 is 1.37. The largest absolute Gasteiger partial charge is 0.383 e. The SMILES string of the molecule is COCCN1C(=O)[C@H]2[C@H](C1=O)[C@H](C(=O)c1cccs1)N1c3ccccc3C(C)=C[C@H]21. The Morgan fingerprint density at radius 2 is 1.87 bits per heavy atom. The van der Waals surface area contributed by atoms with Crippen LogP contribution in [-0.2, 0) is 14.3 Å². The average molecular weight is 423 g/mol. The Morgan fingerprint density at radius 3 is 2.60 bits per heavy atom. The predicted molar refractivity (Wildman–Crippen MR) is 114 cm³/mol. The molecule has 0 spiro atoms. The van der Waals surface area contributed by atoms with Crippen LogP contribution < -0.4 is 4.90 Å². The third-order valence-corrected chi connectivity index (χ3v) is 7.28. The number of hydrogen-bond donors (Lipinski definition) is 0. The van der Waals surface area contributed by atoms with Crippen molar-refractivity contribution in [3.8, 4) is 0 Å². The highest BCUT2D eigenvalue weighted by atomic mass is 32.1. The Hall–Kier alpha value is -2.77. The summed E-state index contributed by atoms with van der Waals surface area (Å²) in [5.74, 6) is -1.83. The summed E-state index contributed by atoms with van der Waals surface area (Å²) in [6.45, 7) is 2.52. The first kappa shape index (κ1) is 19.2. The smallest absolute Gasteiger partial charge is 0.235 e. The van der Waals surface area contributed by atoms with Gasteiger partial charge in [0.1, 0.15) is 6.04 Å². The van der Waals surface area contributed by atoms with Crippen molar-refractivity contribution in [1.82, 2.24) is 4.90 Å². The summed E-state index contributed by atoms with van der Waals surface area (Å²) in [7, 11) is 1.54. The number of benzene rings is 1. The van der Waals surface area contributed by atoms with Gasteiger partial charge in [-0.05, 0) is 30.0 Å². The van der Waals surface area contributed by atoms with Crippen LogP contribution in [0.2, 0.25) is 0 Å². The number of ether oxygens (including phenoxy) is 1. The number of fused-ring (bicyclic) bond motifs is 5. The monoisotopic (exact) mass is 422 g/mol. The maximum atomic E-state index is 13.6. The Morgan fingerprint density at radius 1 is 1.10 bits per heavy atom. The summed E-state index contributed by atoms with van der Waals surface area (Å²) in [5, 5.41) is 1.86. The molecule has 4 heterocycles. The van der Waals surface area contributed by atoms with Gasteiger partial charge in [0.25, 0.3) is 0 Å². The lowest BCUT2D eigenvalue weighted by Gasteiger charge is -2.37. The highest BCUT2D eigenvalue weighted by Crippen LogP contribution is 2.50. The summed E-state index contributed by atoms with van der Waals surface area (Å²) in [4.78, 5) is 44.2. The molecule has 2 amide bonds. The molecule has 0 bridgehead atoms. The van der Waals surface area contributed by atoms with E-state index in [1.54, 1.807) is 13.2 Å². The van der Waals surface area contributed by atoms with Crippen molar-refractivity contribution in [3.05, 3.63) is 58.3 Å². The molecule has 5 rings (SSSR count). The van der Waals surface area contributed by atoms with E-state index in [1.165, 1.54) is 16.2 Å². The lowest BCUT2D eigenvalue weighted by atomic mass is 9.86. The second-order valence-corrected chi connectivity index (χ2v) is 8.87. The molecule has 2 saturated heterocycles. The van der Waals surface area contributed by atoms with E-state index in [9.17, 15) is 14.4 Å². The zero-order valence-corrected chi connectivity index (χ0v) is 17.6. The molecule has 4 atom stereocenters. The van der Waals surface area contributed by atoms with Crippen LogP contribution in [0.3, 0.4) is 0 Å². The standard InChI is InChI=1S/C23H22N2O4S/c1-13-12-16-18-19(23(28)24(22(18)27)9-10-29-2)20(21(26)17-8-5-11-30-17)25(16)15-7-4-3-6-14(13)15/h3-8,11-12,16,18-20H,9-10H2,1-2H3/t16-,18-,19+,20-/m1/s1. The van der Waals surface area contributed by atoms with Gasteiger partial charge < -0.3 is 9.64 Å². The first-order chi connectivity index (χ1) is 14.5. The van der Waals surface area contributed by atoms with Crippen LogP contribution in [0.15, 0.2) is 47.9 Å². The Kier molecular flexibility index (Phi) is 4.60. The molecule has 0 saturated carbocycles. The maximum absolute atomic E-state index is 13.6. The molecule has 0 unspecified atom stereocenters. The molecule has 0 radical (unpaired) electrons. The van der Waals surface area contributed by atoms with E-state index in [4.69, 9.17) is 4.74 Å². The molecule has 0 N–H and O–H groups in total. The highest BCUT2D eigenvalue weighted by Gasteiger charge is 2.64. The fourth-order valence-corrected chi connectivity index (χ4v) is 5.82. The van der Waals surface area contributed by atoms with Crippen LogP contribution in [-0.4, -0.2) is 54.8 Å². The number of methoxy groups -OCH3 is 1. The summed E-state index contributed by atoms with van der Waals surface area (Å²) < 4.78 is 5.09. The fraction of sp³-hybridized carbons (Fsp3) is 0.348. The number of Topliss-reactive ketones (excluding diaryl/α,β-unsaturated/α-hetero) is 1. The molecular formula is C23H22N2O4S. The number of amides is 2. The topological polar surface area (TPSA) is 66.9 Å². The Balaban J connectivity index is 1.65. The van der Waals surface area contributed by atoms with Crippen LogP contribution in [0.5, 0.6) is 0 Å². The Bertz CT molecular complexity index is 1060. The first-order valence-electron chi connectivity index (χ1n) is 10.0. The fourth-order valence-electron chi connectivity index (χ4n) is 5.13. The number of para-hydroxylation sites is 1. The molecule has 7 heteroatoms. The van der Waals surface area contributed by atoms with Crippen molar-refractivity contribution >= 4 is 40.2 Å². The van der Waals surface area contributed by atoms with Crippen molar-refractivity contribution in [2.45, 2.75) is 19.0 Å². The molecule has 3 aliphatic heterocycles. The molecule has 30 heavy (non-hydrogen) atoms. The molecule has 6 nitrogen and oxygen atoms in total. The molecule has 1 aromatic heterocycles. The van der Waals surface area contributed by atoms with Crippen LogP contribution in [0.25, 0.3) is 5.57 Å². The van der Waals surface area contributed by atoms with E-state index in [-0.39, 0.29) is 36.8 Å². The molecule has 3 aliphatic rings. The van der Waals surface area contributed by atoms with Crippen LogP contribution >= 0.6 is 11.3 Å². The van der Waals surface area contributed by atoms with Gasteiger partial charge in [-0.15, -0.1) is 11.3 Å². The predicted octanol–water partition coefficient (Wildman–Crippen LogP) is 2.85. The lowest BCUT2D eigenvalue weighted by molar-refractivity contribution is -0.141. The number of hydrogen-bond acceptors (Lipinski definition) is 6. The van der Waals surface area contributed by atoms with Crippen LogP contribution in [0.4, 0.5) is 5.69 Å². The minimum absolute atomic E-state index is 0.0972. The van der Waals surface area contributed by atoms with Crippen molar-refractivity contribution < 1.29 is 19.1 Å². The number of imide groups is 1. The second-order valence-electron chi connectivity index (χ2n) is 7.92. The van der Waals surface area contributed by atoms with Crippen molar-refractivity contribution in [1.29, 1.82) is 0 Å². The zero-order chi connectivity index (χ0) is 21.0. The number of rotatable bonds is 5. The van der Waals surface area contributed by atoms with Gasteiger partial charge in [-0.2, -0.15) is 0 Å².